The molecule has 3 saturated heterocycles. The van der Waals surface area contributed by atoms with Gasteiger partial charge in [0, 0.05) is 75.2 Å². The molecule has 4 heterocycles. The molecule has 2 aromatic carbocycles. The van der Waals surface area contributed by atoms with Crippen LogP contribution in [-0.2, 0) is 9.59 Å². The first kappa shape index (κ1) is 33.3. The van der Waals surface area contributed by atoms with Gasteiger partial charge in [-0.1, -0.05) is 27.7 Å². The number of fused-ring (bicyclic) bond motifs is 1. The highest BCUT2D eigenvalue weighted by Gasteiger charge is 2.53. The number of benzene rings is 2. The van der Waals surface area contributed by atoms with E-state index in [0.29, 0.717) is 22.6 Å². The Balaban J connectivity index is 0.874. The minimum atomic E-state index is -0.958. The van der Waals surface area contributed by atoms with E-state index in [1.54, 1.807) is 12.1 Å². The first-order valence-corrected chi connectivity index (χ1v) is 17.8. The third-order valence-corrected chi connectivity index (χ3v) is 11.5. The van der Waals surface area contributed by atoms with E-state index < -0.39 is 23.8 Å². The summed E-state index contributed by atoms with van der Waals surface area (Å²) in [5, 5.41) is 5.53. The standard InChI is InChI=1S/C38H48N6O5/c1-37(2)23-38(3,4)36(37)40-32(46)25-5-7-26(8-6-25)42-15-13-24(14-16-42)22-41-17-19-43(20-18-41)27-9-10-28-29(21-27)35(49)44(34(28)48)30-11-12-31(45)39-33(30)47/h5-10,21,24,30,36H,11-20,22-23H2,1-4H3,(H,40,46)(H,39,45,47). The normalized spacial score (nSPS) is 24.5. The molecule has 4 fully saturated rings. The first-order valence-electron chi connectivity index (χ1n) is 17.8. The Morgan fingerprint density at radius 1 is 0.776 bits per heavy atom. The van der Waals surface area contributed by atoms with E-state index in [9.17, 15) is 24.0 Å². The molecule has 7 rings (SSSR count). The highest BCUT2D eigenvalue weighted by atomic mass is 16.2. The predicted octanol–water partition coefficient (Wildman–Crippen LogP) is 3.68. The van der Waals surface area contributed by atoms with Gasteiger partial charge in [-0.05, 0) is 84.9 Å². The molecule has 5 aliphatic rings. The number of imide groups is 2. The number of piperazine rings is 1. The lowest BCUT2D eigenvalue weighted by Gasteiger charge is -2.57. The smallest absolute Gasteiger partial charge is 0.262 e. The van der Waals surface area contributed by atoms with Crippen molar-refractivity contribution in [2.45, 2.75) is 71.9 Å². The number of carbonyl (C=O) groups is 5. The van der Waals surface area contributed by atoms with Crippen LogP contribution in [0.5, 0.6) is 0 Å². The summed E-state index contributed by atoms with van der Waals surface area (Å²) in [7, 11) is 0. The van der Waals surface area contributed by atoms with Gasteiger partial charge in [-0.3, -0.25) is 39.1 Å². The molecule has 260 valence electrons. The highest BCUT2D eigenvalue weighted by Crippen LogP contribution is 2.53. The fourth-order valence-corrected chi connectivity index (χ4v) is 9.32. The minimum Gasteiger partial charge on any atom is -0.372 e. The van der Waals surface area contributed by atoms with Crippen LogP contribution >= 0.6 is 0 Å². The summed E-state index contributed by atoms with van der Waals surface area (Å²) >= 11 is 0. The van der Waals surface area contributed by atoms with Crippen molar-refractivity contribution >= 4 is 40.9 Å². The quantitative estimate of drug-likeness (QED) is 0.429. The number of nitrogens with one attached hydrogen (secondary N) is 2. The molecular weight excluding hydrogens is 620 g/mol. The lowest BCUT2D eigenvalue weighted by molar-refractivity contribution is -0.136. The van der Waals surface area contributed by atoms with Gasteiger partial charge < -0.3 is 15.1 Å². The minimum absolute atomic E-state index is 0.00685. The van der Waals surface area contributed by atoms with Gasteiger partial charge in [0.25, 0.3) is 17.7 Å². The predicted molar refractivity (Wildman–Crippen MR) is 187 cm³/mol. The molecule has 4 aliphatic heterocycles. The molecule has 1 saturated carbocycles. The van der Waals surface area contributed by atoms with E-state index in [1.807, 2.05) is 18.2 Å². The van der Waals surface area contributed by atoms with Gasteiger partial charge in [-0.25, -0.2) is 0 Å². The fraction of sp³-hybridized carbons (Fsp3) is 0.553. The molecule has 5 amide bonds. The number of rotatable bonds is 7. The molecule has 1 unspecified atom stereocenters. The molecule has 0 radical (unpaired) electrons. The lowest BCUT2D eigenvalue weighted by atomic mass is 9.52. The van der Waals surface area contributed by atoms with Crippen LogP contribution in [0.1, 0.15) is 90.9 Å². The van der Waals surface area contributed by atoms with Crippen molar-refractivity contribution in [3.05, 3.63) is 59.2 Å². The first-order chi connectivity index (χ1) is 23.3. The Morgan fingerprint density at radius 2 is 1.39 bits per heavy atom. The second-order valence-corrected chi connectivity index (χ2v) is 16.0. The van der Waals surface area contributed by atoms with Gasteiger partial charge >= 0.3 is 0 Å². The van der Waals surface area contributed by atoms with E-state index in [-0.39, 0.29) is 41.5 Å². The monoisotopic (exact) mass is 668 g/mol. The summed E-state index contributed by atoms with van der Waals surface area (Å²) in [5.74, 6) is -1.29. The number of anilines is 2. The maximum Gasteiger partial charge on any atom is 0.262 e. The van der Waals surface area contributed by atoms with Crippen LogP contribution in [0.15, 0.2) is 42.5 Å². The maximum absolute atomic E-state index is 13.3. The van der Waals surface area contributed by atoms with Gasteiger partial charge in [0.15, 0.2) is 0 Å². The Labute approximate surface area is 288 Å². The van der Waals surface area contributed by atoms with Crippen LogP contribution in [0.4, 0.5) is 11.4 Å². The number of carbonyl (C=O) groups excluding carboxylic acids is 5. The topological polar surface area (TPSA) is 122 Å². The molecule has 0 spiro atoms. The van der Waals surface area contributed by atoms with E-state index in [1.165, 1.54) is 5.69 Å². The zero-order valence-corrected chi connectivity index (χ0v) is 29.1. The van der Waals surface area contributed by atoms with Crippen molar-refractivity contribution in [3.63, 3.8) is 0 Å². The molecule has 0 aromatic heterocycles. The molecule has 2 aromatic rings. The van der Waals surface area contributed by atoms with E-state index >= 15 is 0 Å². The second kappa shape index (κ2) is 12.6. The molecule has 49 heavy (non-hydrogen) atoms. The molecule has 11 heteroatoms. The van der Waals surface area contributed by atoms with Crippen molar-refractivity contribution in [2.24, 2.45) is 16.7 Å². The number of piperidine rings is 2. The summed E-state index contributed by atoms with van der Waals surface area (Å²) in [4.78, 5) is 71.6. The average molecular weight is 669 g/mol. The summed E-state index contributed by atoms with van der Waals surface area (Å²) in [6.45, 7) is 15.5. The molecule has 2 N–H and O–H groups in total. The van der Waals surface area contributed by atoms with Crippen LogP contribution in [0.3, 0.4) is 0 Å². The average Bonchev–Trinajstić information content (AvgIpc) is 3.32. The molecular formula is C38H48N6O5. The van der Waals surface area contributed by atoms with Gasteiger partial charge in [-0.15, -0.1) is 0 Å². The van der Waals surface area contributed by atoms with Crippen LogP contribution in [-0.4, -0.2) is 97.2 Å². The second-order valence-electron chi connectivity index (χ2n) is 16.0. The summed E-state index contributed by atoms with van der Waals surface area (Å²) in [5.41, 5.74) is 3.65. The van der Waals surface area contributed by atoms with Crippen LogP contribution in [0, 0.1) is 16.7 Å². The number of hydrogen-bond acceptors (Lipinski definition) is 8. The van der Waals surface area contributed by atoms with Gasteiger partial charge in [0.2, 0.25) is 11.8 Å². The summed E-state index contributed by atoms with van der Waals surface area (Å²) in [6.07, 6.45) is 3.60. The largest absolute Gasteiger partial charge is 0.372 e. The van der Waals surface area contributed by atoms with Gasteiger partial charge in [0.1, 0.15) is 6.04 Å². The van der Waals surface area contributed by atoms with Crippen LogP contribution in [0.2, 0.25) is 0 Å². The zero-order valence-electron chi connectivity index (χ0n) is 29.1. The molecule has 0 bridgehead atoms. The Hall–Kier alpha value is -4.25. The Kier molecular flexibility index (Phi) is 8.53. The Bertz CT molecular complexity index is 1660. The number of amides is 5. The van der Waals surface area contributed by atoms with Crippen molar-refractivity contribution in [1.29, 1.82) is 0 Å². The molecule has 1 atom stereocenters. The van der Waals surface area contributed by atoms with Crippen molar-refractivity contribution in [1.82, 2.24) is 20.4 Å². The van der Waals surface area contributed by atoms with E-state index in [4.69, 9.17) is 0 Å². The Morgan fingerprint density at radius 3 is 2.02 bits per heavy atom. The highest BCUT2D eigenvalue weighted by molar-refractivity contribution is 6.23. The van der Waals surface area contributed by atoms with Crippen molar-refractivity contribution in [2.75, 3.05) is 55.6 Å². The zero-order chi connectivity index (χ0) is 34.7. The maximum atomic E-state index is 13.3. The third-order valence-electron chi connectivity index (χ3n) is 11.5. The molecule has 11 nitrogen and oxygen atoms in total. The summed E-state index contributed by atoms with van der Waals surface area (Å²) < 4.78 is 0. The van der Waals surface area contributed by atoms with Crippen LogP contribution in [0.25, 0.3) is 0 Å². The van der Waals surface area contributed by atoms with E-state index in [0.717, 1.165) is 75.7 Å². The third kappa shape index (κ3) is 6.33. The molecule has 1 aliphatic carbocycles. The fourth-order valence-electron chi connectivity index (χ4n) is 9.32. The van der Waals surface area contributed by atoms with Crippen molar-refractivity contribution < 1.29 is 24.0 Å². The number of nitrogens with zero attached hydrogens (tertiary/aromatic N) is 4. The number of hydrogen-bond donors (Lipinski definition) is 2. The van der Waals surface area contributed by atoms with Gasteiger partial charge in [-0.2, -0.15) is 0 Å². The van der Waals surface area contributed by atoms with E-state index in [2.05, 4.69) is 65.2 Å². The lowest BCUT2D eigenvalue weighted by Crippen LogP contribution is -2.63. The summed E-state index contributed by atoms with van der Waals surface area (Å²) in [6, 6.07) is 12.7. The van der Waals surface area contributed by atoms with Gasteiger partial charge in [0.05, 0.1) is 11.1 Å². The van der Waals surface area contributed by atoms with Crippen LogP contribution < -0.4 is 20.4 Å². The van der Waals surface area contributed by atoms with Crippen molar-refractivity contribution in [3.8, 4) is 0 Å². The SMILES string of the molecule is CC1(C)CC(C)(C)C1NC(=O)c1ccc(N2CCC(CN3CCN(c4ccc5c(c4)C(=O)N(C4CCC(=O)NC4=O)C5=O)CC3)CC2)cc1.